The van der Waals surface area contributed by atoms with Crippen LogP contribution in [-0.4, -0.2) is 49.7 Å². The summed E-state index contributed by atoms with van der Waals surface area (Å²) in [4.78, 5) is 4.38. The van der Waals surface area contributed by atoms with Crippen molar-refractivity contribution >= 4 is 23.1 Å². The molecule has 0 radical (unpaired) electrons. The molecule has 118 valence electrons. The molecule has 21 heavy (non-hydrogen) atoms. The highest BCUT2D eigenvalue weighted by Crippen LogP contribution is 2.25. The summed E-state index contributed by atoms with van der Waals surface area (Å²) in [5, 5.41) is 12.7. The van der Waals surface area contributed by atoms with E-state index in [0.717, 1.165) is 25.3 Å². The highest BCUT2D eigenvalue weighted by atomic mass is 35.5. The van der Waals surface area contributed by atoms with E-state index >= 15 is 0 Å². The van der Waals surface area contributed by atoms with E-state index in [1.165, 1.54) is 0 Å². The van der Waals surface area contributed by atoms with Crippen molar-refractivity contribution < 1.29 is 5.21 Å². The van der Waals surface area contributed by atoms with E-state index in [1.807, 2.05) is 26.2 Å². The lowest BCUT2D eigenvalue weighted by molar-refractivity contribution is 0.318. The van der Waals surface area contributed by atoms with Gasteiger partial charge in [0.15, 0.2) is 5.84 Å². The number of nitrogens with zero attached hydrogens (tertiary/aromatic N) is 3. The number of rotatable bonds is 7. The molecular weight excluding hydrogens is 288 g/mol. The largest absolute Gasteiger partial charge is 0.409 e. The summed E-state index contributed by atoms with van der Waals surface area (Å²) in [5.41, 5.74) is 7.39. The van der Waals surface area contributed by atoms with Crippen LogP contribution in [0.25, 0.3) is 0 Å². The molecule has 0 aliphatic heterocycles. The van der Waals surface area contributed by atoms with E-state index in [0.29, 0.717) is 16.5 Å². The van der Waals surface area contributed by atoms with Crippen molar-refractivity contribution in [3.05, 3.63) is 28.8 Å². The number of likely N-dealkylation sites (N-methyl/N-ethyl adjacent to an activating group) is 1. The Morgan fingerprint density at radius 1 is 1.33 bits per heavy atom. The Labute approximate surface area is 132 Å². The molecule has 1 aromatic rings. The van der Waals surface area contributed by atoms with E-state index in [9.17, 15) is 0 Å². The van der Waals surface area contributed by atoms with Gasteiger partial charge in [0.05, 0.1) is 0 Å². The van der Waals surface area contributed by atoms with Gasteiger partial charge in [-0.2, -0.15) is 0 Å². The molecular formula is C15H25ClN4O. The summed E-state index contributed by atoms with van der Waals surface area (Å²) < 4.78 is 0. The maximum atomic E-state index is 8.98. The summed E-state index contributed by atoms with van der Waals surface area (Å²) in [7, 11) is 4.08. The molecule has 0 spiro atoms. The van der Waals surface area contributed by atoms with Crippen LogP contribution in [0.3, 0.4) is 0 Å². The number of nitrogens with two attached hydrogens (primary N) is 1. The maximum Gasteiger partial charge on any atom is 0.172 e. The van der Waals surface area contributed by atoms with Crippen LogP contribution in [0.4, 0.5) is 5.69 Å². The van der Waals surface area contributed by atoms with Gasteiger partial charge in [-0.1, -0.05) is 30.6 Å². The second-order valence-corrected chi connectivity index (χ2v) is 6.23. The molecule has 0 saturated heterocycles. The number of hydrogen-bond acceptors (Lipinski definition) is 4. The van der Waals surface area contributed by atoms with Crippen LogP contribution < -0.4 is 10.6 Å². The zero-order chi connectivity index (χ0) is 16.0. The van der Waals surface area contributed by atoms with Gasteiger partial charge >= 0.3 is 0 Å². The van der Waals surface area contributed by atoms with E-state index in [1.54, 1.807) is 6.07 Å². The third-order valence-corrected chi connectivity index (χ3v) is 3.32. The molecule has 0 fully saturated rings. The molecule has 0 unspecified atom stereocenters. The van der Waals surface area contributed by atoms with Gasteiger partial charge in [0.25, 0.3) is 0 Å². The van der Waals surface area contributed by atoms with Crippen LogP contribution in [0, 0.1) is 5.92 Å². The lowest BCUT2D eigenvalue weighted by atomic mass is 10.1. The van der Waals surface area contributed by atoms with Gasteiger partial charge in [0, 0.05) is 35.9 Å². The van der Waals surface area contributed by atoms with Crippen molar-refractivity contribution in [1.82, 2.24) is 4.90 Å². The minimum Gasteiger partial charge on any atom is -0.409 e. The molecule has 6 heteroatoms. The van der Waals surface area contributed by atoms with Crippen molar-refractivity contribution in [3.8, 4) is 0 Å². The SMILES string of the molecule is CC(C)CN(CCN(C)C)c1ccc(Cl)cc1C(N)=NO. The van der Waals surface area contributed by atoms with Crippen molar-refractivity contribution in [2.24, 2.45) is 16.8 Å². The summed E-state index contributed by atoms with van der Waals surface area (Å²) in [6.07, 6.45) is 0. The lowest BCUT2D eigenvalue weighted by Gasteiger charge is -2.30. The van der Waals surface area contributed by atoms with E-state index in [4.69, 9.17) is 22.5 Å². The Balaban J connectivity index is 3.16. The number of amidine groups is 1. The number of hydrogen-bond donors (Lipinski definition) is 2. The first-order valence-electron chi connectivity index (χ1n) is 7.02. The third-order valence-electron chi connectivity index (χ3n) is 3.09. The molecule has 5 nitrogen and oxygen atoms in total. The quantitative estimate of drug-likeness (QED) is 0.351. The fourth-order valence-electron chi connectivity index (χ4n) is 2.11. The van der Waals surface area contributed by atoms with Crippen molar-refractivity contribution in [1.29, 1.82) is 0 Å². The molecule has 0 saturated carbocycles. The summed E-state index contributed by atoms with van der Waals surface area (Å²) in [6, 6.07) is 5.48. The smallest absolute Gasteiger partial charge is 0.172 e. The second kappa shape index (κ2) is 8.10. The molecule has 0 aromatic heterocycles. The van der Waals surface area contributed by atoms with E-state index in [2.05, 4.69) is 28.8 Å². The summed E-state index contributed by atoms with van der Waals surface area (Å²) >= 11 is 6.04. The second-order valence-electron chi connectivity index (χ2n) is 5.79. The van der Waals surface area contributed by atoms with Crippen LogP contribution in [0.2, 0.25) is 5.02 Å². The molecule has 0 aliphatic rings. The van der Waals surface area contributed by atoms with Gasteiger partial charge in [-0.25, -0.2) is 0 Å². The van der Waals surface area contributed by atoms with Crippen molar-refractivity contribution in [2.75, 3.05) is 38.6 Å². The van der Waals surface area contributed by atoms with E-state index < -0.39 is 0 Å². The molecule has 0 amide bonds. The Morgan fingerprint density at radius 3 is 2.52 bits per heavy atom. The average molecular weight is 313 g/mol. The maximum absolute atomic E-state index is 8.98. The van der Waals surface area contributed by atoms with Gasteiger partial charge in [-0.15, -0.1) is 0 Å². The Hall–Kier alpha value is -1.46. The standard InChI is InChI=1S/C15H25ClN4O/c1-11(2)10-20(8-7-19(3)4)14-6-5-12(16)9-13(14)15(17)18-21/h5-6,9,11,21H,7-8,10H2,1-4H3,(H2,17,18). The minimum atomic E-state index is 0.0751. The van der Waals surface area contributed by atoms with Crippen molar-refractivity contribution in [3.63, 3.8) is 0 Å². The van der Waals surface area contributed by atoms with Crippen LogP contribution in [-0.2, 0) is 0 Å². The van der Waals surface area contributed by atoms with Gasteiger partial charge < -0.3 is 20.7 Å². The minimum absolute atomic E-state index is 0.0751. The zero-order valence-electron chi connectivity index (χ0n) is 13.2. The predicted molar refractivity (Wildman–Crippen MR) is 89.6 cm³/mol. The number of oxime groups is 1. The lowest BCUT2D eigenvalue weighted by Crippen LogP contribution is -2.35. The molecule has 1 rings (SSSR count). The Kier molecular flexibility index (Phi) is 6.78. The fourth-order valence-corrected chi connectivity index (χ4v) is 2.29. The normalized spacial score (nSPS) is 12.2. The molecule has 1 aromatic carbocycles. The average Bonchev–Trinajstić information content (AvgIpc) is 2.42. The zero-order valence-corrected chi connectivity index (χ0v) is 13.9. The first kappa shape index (κ1) is 17.6. The van der Waals surface area contributed by atoms with Crippen LogP contribution >= 0.6 is 11.6 Å². The molecule has 0 heterocycles. The highest BCUT2D eigenvalue weighted by Gasteiger charge is 2.16. The van der Waals surface area contributed by atoms with Crippen LogP contribution in [0.5, 0.6) is 0 Å². The molecule has 3 N–H and O–H groups in total. The van der Waals surface area contributed by atoms with Crippen molar-refractivity contribution in [2.45, 2.75) is 13.8 Å². The third kappa shape index (κ3) is 5.44. The molecule has 0 aliphatic carbocycles. The van der Waals surface area contributed by atoms with E-state index in [-0.39, 0.29) is 5.84 Å². The Morgan fingerprint density at radius 2 is 2.00 bits per heavy atom. The predicted octanol–water partition coefficient (Wildman–Crippen LogP) is 2.46. The first-order chi connectivity index (χ1) is 9.85. The number of anilines is 1. The topological polar surface area (TPSA) is 65.1 Å². The number of benzene rings is 1. The summed E-state index contributed by atoms with van der Waals surface area (Å²) in [5.74, 6) is 0.578. The van der Waals surface area contributed by atoms with Gasteiger partial charge in [0.2, 0.25) is 0 Å². The number of halogens is 1. The monoisotopic (exact) mass is 312 g/mol. The molecule has 0 atom stereocenters. The van der Waals surface area contributed by atoms with Crippen LogP contribution in [0.1, 0.15) is 19.4 Å². The Bertz CT molecular complexity index is 489. The molecule has 0 bridgehead atoms. The highest BCUT2D eigenvalue weighted by molar-refractivity contribution is 6.31. The van der Waals surface area contributed by atoms with Gasteiger partial charge in [-0.3, -0.25) is 0 Å². The first-order valence-corrected chi connectivity index (χ1v) is 7.40. The fraction of sp³-hybridized carbons (Fsp3) is 0.533. The van der Waals surface area contributed by atoms with Crippen LogP contribution in [0.15, 0.2) is 23.4 Å². The van der Waals surface area contributed by atoms with Gasteiger partial charge in [-0.05, 0) is 38.2 Å². The summed E-state index contributed by atoms with van der Waals surface area (Å²) in [6.45, 7) is 7.01. The van der Waals surface area contributed by atoms with Gasteiger partial charge in [0.1, 0.15) is 0 Å².